The number of anilines is 1. The molecule has 1 fully saturated rings. The lowest BCUT2D eigenvalue weighted by molar-refractivity contribution is 0.122. The van der Waals surface area contributed by atoms with E-state index in [9.17, 15) is 0 Å². The van der Waals surface area contributed by atoms with Crippen LogP contribution in [0.25, 0.3) is 22.2 Å². The van der Waals surface area contributed by atoms with Gasteiger partial charge in [-0.2, -0.15) is 5.10 Å². The van der Waals surface area contributed by atoms with Gasteiger partial charge in [-0.15, -0.1) is 0 Å². The fraction of sp³-hybridized carbons (Fsp3) is 0.304. The first-order chi connectivity index (χ1) is 14.8. The summed E-state index contributed by atoms with van der Waals surface area (Å²) in [5.74, 6) is 1.94. The molecule has 0 bridgehead atoms. The van der Waals surface area contributed by atoms with Gasteiger partial charge in [0.25, 0.3) is 0 Å². The summed E-state index contributed by atoms with van der Waals surface area (Å²) in [6.07, 6.45) is 3.58. The normalized spacial score (nSPS) is 14.7. The molecular weight excluding hydrogens is 378 g/mol. The number of hydrogen-bond donors (Lipinski definition) is 1. The lowest BCUT2D eigenvalue weighted by Crippen LogP contribution is -2.36. The van der Waals surface area contributed by atoms with Crippen molar-refractivity contribution in [3.63, 3.8) is 0 Å². The van der Waals surface area contributed by atoms with Gasteiger partial charge in [0.1, 0.15) is 17.3 Å². The molecule has 0 spiro atoms. The van der Waals surface area contributed by atoms with Crippen molar-refractivity contribution in [3.05, 3.63) is 66.2 Å². The molecule has 0 radical (unpaired) electrons. The van der Waals surface area contributed by atoms with E-state index in [2.05, 4.69) is 56.3 Å². The van der Waals surface area contributed by atoms with E-state index in [1.807, 2.05) is 24.4 Å². The van der Waals surface area contributed by atoms with Gasteiger partial charge in [-0.25, -0.2) is 4.98 Å². The van der Waals surface area contributed by atoms with Crippen molar-refractivity contribution in [2.75, 3.05) is 38.3 Å². The number of hydrogen-bond acceptors (Lipinski definition) is 6. The van der Waals surface area contributed by atoms with E-state index in [-0.39, 0.29) is 0 Å². The fourth-order valence-corrected chi connectivity index (χ4v) is 3.95. The molecule has 7 nitrogen and oxygen atoms in total. The van der Waals surface area contributed by atoms with Crippen LogP contribution in [0.1, 0.15) is 11.3 Å². The molecule has 1 aliphatic rings. The van der Waals surface area contributed by atoms with Crippen LogP contribution in [-0.4, -0.2) is 53.4 Å². The van der Waals surface area contributed by atoms with Crippen LogP contribution in [0.2, 0.25) is 0 Å². The molecule has 4 aromatic rings. The van der Waals surface area contributed by atoms with Crippen molar-refractivity contribution in [2.24, 2.45) is 0 Å². The van der Waals surface area contributed by atoms with Crippen LogP contribution in [0.4, 0.5) is 5.82 Å². The highest BCUT2D eigenvalue weighted by atomic mass is 16.5. The first kappa shape index (κ1) is 18.8. The summed E-state index contributed by atoms with van der Waals surface area (Å²) in [5.41, 5.74) is 4.30. The molecule has 154 valence electrons. The highest BCUT2D eigenvalue weighted by Gasteiger charge is 2.15. The number of nitrogens with one attached hydrogen (secondary N) is 1. The van der Waals surface area contributed by atoms with Gasteiger partial charge in [-0.3, -0.25) is 10.00 Å². The Labute approximate surface area is 175 Å². The molecule has 30 heavy (non-hydrogen) atoms. The summed E-state index contributed by atoms with van der Waals surface area (Å²) >= 11 is 0. The van der Waals surface area contributed by atoms with Gasteiger partial charge in [-0.05, 0) is 49.0 Å². The van der Waals surface area contributed by atoms with E-state index in [4.69, 9.17) is 9.15 Å². The van der Waals surface area contributed by atoms with Crippen LogP contribution in [0, 0.1) is 0 Å². The van der Waals surface area contributed by atoms with Crippen LogP contribution in [0.5, 0.6) is 0 Å². The smallest absolute Gasteiger partial charge is 0.129 e. The maximum Gasteiger partial charge on any atom is 0.129 e. The predicted octanol–water partition coefficient (Wildman–Crippen LogP) is 3.69. The van der Waals surface area contributed by atoms with E-state index in [1.54, 1.807) is 6.26 Å². The molecule has 1 saturated heterocycles. The van der Waals surface area contributed by atoms with Crippen molar-refractivity contribution < 1.29 is 9.15 Å². The second-order valence-electron chi connectivity index (χ2n) is 7.71. The summed E-state index contributed by atoms with van der Waals surface area (Å²) < 4.78 is 10.9. The summed E-state index contributed by atoms with van der Waals surface area (Å²) in [4.78, 5) is 9.06. The maximum absolute atomic E-state index is 5.46. The first-order valence-corrected chi connectivity index (χ1v) is 10.2. The van der Waals surface area contributed by atoms with Gasteiger partial charge in [0.2, 0.25) is 0 Å². The Morgan fingerprint density at radius 3 is 2.83 bits per heavy atom. The Hall–Kier alpha value is -3.16. The minimum absolute atomic E-state index is 0.742. The minimum atomic E-state index is 0.742. The van der Waals surface area contributed by atoms with Crippen molar-refractivity contribution >= 4 is 16.7 Å². The molecule has 0 saturated carbocycles. The van der Waals surface area contributed by atoms with Crippen LogP contribution < -0.4 is 4.90 Å². The number of nitrogens with zero attached hydrogens (tertiary/aromatic N) is 4. The Morgan fingerprint density at radius 1 is 1.10 bits per heavy atom. The number of fused-ring (bicyclic) bond motifs is 1. The predicted molar refractivity (Wildman–Crippen MR) is 116 cm³/mol. The third-order valence-electron chi connectivity index (χ3n) is 5.44. The second-order valence-corrected chi connectivity index (χ2v) is 7.71. The van der Waals surface area contributed by atoms with Crippen LogP contribution in [0.3, 0.4) is 0 Å². The van der Waals surface area contributed by atoms with Gasteiger partial charge in [0, 0.05) is 36.8 Å². The number of aromatic amines is 1. The molecule has 0 unspecified atom stereocenters. The average Bonchev–Trinajstić information content (AvgIpc) is 3.44. The molecule has 5 rings (SSSR count). The topological polar surface area (TPSA) is 70.4 Å². The number of morpholine rings is 1. The highest BCUT2D eigenvalue weighted by molar-refractivity contribution is 5.93. The third-order valence-corrected chi connectivity index (χ3v) is 5.44. The zero-order valence-corrected chi connectivity index (χ0v) is 17.0. The average molecular weight is 403 g/mol. The molecule has 0 atom stereocenters. The summed E-state index contributed by atoms with van der Waals surface area (Å²) in [7, 11) is 2.10. The van der Waals surface area contributed by atoms with Gasteiger partial charge < -0.3 is 14.1 Å². The minimum Gasteiger partial charge on any atom is -0.468 e. The quantitative estimate of drug-likeness (QED) is 0.530. The van der Waals surface area contributed by atoms with E-state index in [1.165, 1.54) is 5.56 Å². The van der Waals surface area contributed by atoms with Crippen molar-refractivity contribution in [1.82, 2.24) is 20.1 Å². The molecular formula is C23H25N5O2. The monoisotopic (exact) mass is 403 g/mol. The van der Waals surface area contributed by atoms with Gasteiger partial charge in [0.15, 0.2) is 0 Å². The number of H-pyrrole nitrogens is 1. The molecule has 0 aliphatic carbocycles. The Kier molecular flexibility index (Phi) is 5.21. The van der Waals surface area contributed by atoms with E-state index in [0.29, 0.717) is 0 Å². The van der Waals surface area contributed by atoms with E-state index >= 15 is 0 Å². The number of ether oxygens (including phenoxy) is 1. The second kappa shape index (κ2) is 8.30. The van der Waals surface area contributed by atoms with Crippen LogP contribution in [-0.2, 0) is 17.8 Å². The van der Waals surface area contributed by atoms with E-state index < -0.39 is 0 Å². The molecule has 1 aromatic carbocycles. The Balaban J connectivity index is 1.40. The summed E-state index contributed by atoms with van der Waals surface area (Å²) in [5, 5.41) is 8.90. The molecule has 7 heteroatoms. The Bertz CT molecular complexity index is 1120. The number of pyridine rings is 1. The standard InChI is InChI=1S/C23H25N5O2/c1-27(16-19-3-2-10-30-19)15-17-4-5-21-20(13-17)23(26-25-21)18-6-7-24-22(14-18)28-8-11-29-12-9-28/h2-7,10,13-14H,8-9,11-12,15-16H2,1H3,(H,25,26). The first-order valence-electron chi connectivity index (χ1n) is 10.2. The van der Waals surface area contributed by atoms with E-state index in [0.717, 1.165) is 73.1 Å². The lowest BCUT2D eigenvalue weighted by atomic mass is 10.1. The van der Waals surface area contributed by atoms with Crippen LogP contribution >= 0.6 is 0 Å². The molecule has 3 aromatic heterocycles. The molecule has 1 N–H and O–H groups in total. The van der Waals surface area contributed by atoms with Gasteiger partial charge in [0.05, 0.1) is 31.5 Å². The number of benzene rings is 1. The summed E-state index contributed by atoms with van der Waals surface area (Å²) in [6.45, 7) is 4.82. The summed E-state index contributed by atoms with van der Waals surface area (Å²) in [6, 6.07) is 14.5. The van der Waals surface area contributed by atoms with Gasteiger partial charge in [-0.1, -0.05) is 6.07 Å². The molecule has 1 aliphatic heterocycles. The number of aromatic nitrogens is 3. The van der Waals surface area contributed by atoms with Crippen molar-refractivity contribution in [2.45, 2.75) is 13.1 Å². The fourth-order valence-electron chi connectivity index (χ4n) is 3.95. The highest BCUT2D eigenvalue weighted by Crippen LogP contribution is 2.29. The number of furan rings is 1. The Morgan fingerprint density at radius 2 is 2.00 bits per heavy atom. The zero-order chi connectivity index (χ0) is 20.3. The van der Waals surface area contributed by atoms with Crippen molar-refractivity contribution in [1.29, 1.82) is 0 Å². The molecule has 4 heterocycles. The lowest BCUT2D eigenvalue weighted by Gasteiger charge is -2.27. The largest absolute Gasteiger partial charge is 0.468 e. The zero-order valence-electron chi connectivity index (χ0n) is 17.0. The van der Waals surface area contributed by atoms with Gasteiger partial charge >= 0.3 is 0 Å². The van der Waals surface area contributed by atoms with Crippen molar-refractivity contribution in [3.8, 4) is 11.3 Å². The molecule has 0 amide bonds. The maximum atomic E-state index is 5.46. The third kappa shape index (κ3) is 3.94. The van der Waals surface area contributed by atoms with Crippen LogP contribution in [0.15, 0.2) is 59.3 Å². The number of rotatable bonds is 6. The SMILES string of the molecule is CN(Cc1ccc2[nH]nc(-c3ccnc(N4CCOCC4)c3)c2c1)Cc1ccco1.